The van der Waals surface area contributed by atoms with Crippen LogP contribution in [-0.2, 0) is 11.2 Å². The first kappa shape index (κ1) is 16.4. The third-order valence-electron chi connectivity index (χ3n) is 3.70. The molecule has 0 atom stereocenters. The van der Waals surface area contributed by atoms with Gasteiger partial charge < -0.3 is 10.4 Å². The highest BCUT2D eigenvalue weighted by Gasteiger charge is 2.06. The van der Waals surface area contributed by atoms with Gasteiger partial charge in [-0.3, -0.25) is 4.79 Å². The Morgan fingerprint density at radius 1 is 0.880 bits per heavy atom. The number of aromatic nitrogens is 1. The van der Waals surface area contributed by atoms with Crippen molar-refractivity contribution in [3.63, 3.8) is 0 Å². The lowest BCUT2D eigenvalue weighted by molar-refractivity contribution is -0.115. The van der Waals surface area contributed by atoms with E-state index in [4.69, 9.17) is 5.11 Å². The van der Waals surface area contributed by atoms with Crippen LogP contribution < -0.4 is 5.32 Å². The van der Waals surface area contributed by atoms with Crippen LogP contribution in [-0.4, -0.2) is 22.0 Å². The molecule has 124 valence electrons. The summed E-state index contributed by atoms with van der Waals surface area (Å²) in [5.41, 5.74) is 2.88. The molecule has 0 saturated carbocycles. The Balaban J connectivity index is 1.65. The van der Waals surface area contributed by atoms with Crippen molar-refractivity contribution in [3.05, 3.63) is 84.1 Å². The van der Waals surface area contributed by atoms with Crippen molar-refractivity contribution < 1.29 is 14.7 Å². The number of nitrogens with zero attached hydrogens (tertiary/aromatic N) is 1. The average Bonchev–Trinajstić information content (AvgIpc) is 2.63. The molecule has 0 radical (unpaired) electrons. The van der Waals surface area contributed by atoms with E-state index in [1.807, 2.05) is 36.4 Å². The van der Waals surface area contributed by atoms with E-state index in [0.717, 1.165) is 16.7 Å². The zero-order chi connectivity index (χ0) is 17.6. The summed E-state index contributed by atoms with van der Waals surface area (Å²) in [5.74, 6) is -0.606. The molecule has 1 aromatic heterocycles. The van der Waals surface area contributed by atoms with Crippen LogP contribution in [0.5, 0.6) is 0 Å². The van der Waals surface area contributed by atoms with Gasteiger partial charge in [-0.25, -0.2) is 9.78 Å². The van der Waals surface area contributed by atoms with E-state index in [2.05, 4.69) is 10.3 Å². The molecule has 1 amide bonds. The molecule has 0 aliphatic heterocycles. The summed E-state index contributed by atoms with van der Waals surface area (Å²) < 4.78 is 0. The van der Waals surface area contributed by atoms with Crippen LogP contribution in [0.1, 0.15) is 15.9 Å². The zero-order valence-corrected chi connectivity index (χ0v) is 13.3. The number of carboxylic acid groups (broad SMARTS) is 1. The summed E-state index contributed by atoms with van der Waals surface area (Å²) in [4.78, 5) is 27.2. The van der Waals surface area contributed by atoms with Crippen molar-refractivity contribution in [1.82, 2.24) is 4.98 Å². The number of nitrogens with one attached hydrogen (secondary N) is 1. The van der Waals surface area contributed by atoms with Gasteiger partial charge in [-0.05, 0) is 35.4 Å². The van der Waals surface area contributed by atoms with Crippen LogP contribution in [0.3, 0.4) is 0 Å². The van der Waals surface area contributed by atoms with Gasteiger partial charge >= 0.3 is 5.97 Å². The third kappa shape index (κ3) is 4.29. The van der Waals surface area contributed by atoms with Crippen molar-refractivity contribution in [2.45, 2.75) is 6.42 Å². The number of hydrogen-bond acceptors (Lipinski definition) is 3. The van der Waals surface area contributed by atoms with E-state index in [1.54, 1.807) is 36.5 Å². The molecule has 3 rings (SSSR count). The van der Waals surface area contributed by atoms with E-state index >= 15 is 0 Å². The highest BCUT2D eigenvalue weighted by molar-refractivity contribution is 5.91. The van der Waals surface area contributed by atoms with Gasteiger partial charge in [-0.15, -0.1) is 0 Å². The summed E-state index contributed by atoms with van der Waals surface area (Å²) in [7, 11) is 0. The second kappa shape index (κ2) is 7.40. The highest BCUT2D eigenvalue weighted by Crippen LogP contribution is 2.20. The lowest BCUT2D eigenvalue weighted by atomic mass is 10.1. The zero-order valence-electron chi connectivity index (χ0n) is 13.3. The molecular formula is C20H16N2O3. The predicted molar refractivity (Wildman–Crippen MR) is 95.4 cm³/mol. The summed E-state index contributed by atoms with van der Waals surface area (Å²) in [5, 5.41) is 11.7. The molecule has 0 aliphatic rings. The minimum absolute atomic E-state index is 0.128. The first-order chi connectivity index (χ1) is 12.1. The normalized spacial score (nSPS) is 10.2. The van der Waals surface area contributed by atoms with Gasteiger partial charge in [0.2, 0.25) is 5.91 Å². The SMILES string of the molecule is O=C(Cc1ccccc1)Nc1ccc(-c2ccc(C(=O)O)cc2)cn1. The Morgan fingerprint density at radius 3 is 2.16 bits per heavy atom. The van der Waals surface area contributed by atoms with E-state index in [-0.39, 0.29) is 11.5 Å². The average molecular weight is 332 g/mol. The number of benzene rings is 2. The van der Waals surface area contributed by atoms with Gasteiger partial charge in [0.1, 0.15) is 5.82 Å². The van der Waals surface area contributed by atoms with Crippen LogP contribution in [0.15, 0.2) is 72.9 Å². The van der Waals surface area contributed by atoms with Crippen LogP contribution in [0.4, 0.5) is 5.82 Å². The predicted octanol–water partition coefficient (Wildman–Crippen LogP) is 3.63. The number of carbonyl (C=O) groups excluding carboxylic acids is 1. The van der Waals surface area contributed by atoms with Crippen molar-refractivity contribution in [2.24, 2.45) is 0 Å². The van der Waals surface area contributed by atoms with Gasteiger partial charge in [0.15, 0.2) is 0 Å². The Kier molecular flexibility index (Phi) is 4.85. The molecule has 0 aliphatic carbocycles. The van der Waals surface area contributed by atoms with Crippen molar-refractivity contribution >= 4 is 17.7 Å². The number of aromatic carboxylic acids is 1. The topological polar surface area (TPSA) is 79.3 Å². The Bertz CT molecular complexity index is 873. The van der Waals surface area contributed by atoms with Gasteiger partial charge in [0, 0.05) is 11.8 Å². The lowest BCUT2D eigenvalue weighted by Crippen LogP contribution is -2.15. The second-order valence-electron chi connectivity index (χ2n) is 5.53. The molecule has 2 N–H and O–H groups in total. The fraction of sp³-hybridized carbons (Fsp3) is 0.0500. The fourth-order valence-electron chi connectivity index (χ4n) is 2.41. The number of carboxylic acids is 1. The van der Waals surface area contributed by atoms with E-state index in [9.17, 15) is 9.59 Å². The number of pyridine rings is 1. The van der Waals surface area contributed by atoms with Crippen LogP contribution in [0.25, 0.3) is 11.1 Å². The fourth-order valence-corrected chi connectivity index (χ4v) is 2.41. The maximum atomic E-state index is 12.0. The molecule has 0 saturated heterocycles. The van der Waals surface area contributed by atoms with Crippen molar-refractivity contribution in [1.29, 1.82) is 0 Å². The second-order valence-corrected chi connectivity index (χ2v) is 5.53. The minimum atomic E-state index is -0.957. The molecule has 5 nitrogen and oxygen atoms in total. The molecule has 0 fully saturated rings. The molecule has 2 aromatic carbocycles. The standard InChI is InChI=1S/C20H16N2O3/c23-19(12-14-4-2-1-3-5-14)22-18-11-10-17(13-21-18)15-6-8-16(9-7-15)20(24)25/h1-11,13H,12H2,(H,24,25)(H,21,22,23). The summed E-state index contributed by atoms with van der Waals surface area (Å²) >= 11 is 0. The summed E-state index contributed by atoms with van der Waals surface area (Å²) in [6.45, 7) is 0. The van der Waals surface area contributed by atoms with E-state index < -0.39 is 5.97 Å². The molecule has 25 heavy (non-hydrogen) atoms. The maximum Gasteiger partial charge on any atom is 0.335 e. The maximum absolute atomic E-state index is 12.0. The van der Waals surface area contributed by atoms with E-state index in [1.165, 1.54) is 0 Å². The van der Waals surface area contributed by atoms with Crippen molar-refractivity contribution in [3.8, 4) is 11.1 Å². The molecule has 0 spiro atoms. The highest BCUT2D eigenvalue weighted by atomic mass is 16.4. The molecule has 1 heterocycles. The molecule has 3 aromatic rings. The van der Waals surface area contributed by atoms with Gasteiger partial charge in [-0.2, -0.15) is 0 Å². The van der Waals surface area contributed by atoms with Gasteiger partial charge in [0.25, 0.3) is 0 Å². The molecule has 0 bridgehead atoms. The quantitative estimate of drug-likeness (QED) is 0.748. The van der Waals surface area contributed by atoms with Crippen LogP contribution in [0.2, 0.25) is 0 Å². The van der Waals surface area contributed by atoms with Crippen LogP contribution in [0, 0.1) is 0 Å². The third-order valence-corrected chi connectivity index (χ3v) is 3.70. The molecule has 0 unspecified atom stereocenters. The van der Waals surface area contributed by atoms with Crippen molar-refractivity contribution in [2.75, 3.05) is 5.32 Å². The molecular weight excluding hydrogens is 316 g/mol. The Morgan fingerprint density at radius 2 is 1.56 bits per heavy atom. The number of rotatable bonds is 5. The number of carbonyl (C=O) groups is 2. The van der Waals surface area contributed by atoms with Crippen LogP contribution >= 0.6 is 0 Å². The minimum Gasteiger partial charge on any atom is -0.478 e. The molecule has 5 heteroatoms. The monoisotopic (exact) mass is 332 g/mol. The van der Waals surface area contributed by atoms with Gasteiger partial charge in [0.05, 0.1) is 12.0 Å². The summed E-state index contributed by atoms with van der Waals surface area (Å²) in [6.07, 6.45) is 1.94. The smallest absolute Gasteiger partial charge is 0.335 e. The Labute approximate surface area is 145 Å². The number of amides is 1. The lowest BCUT2D eigenvalue weighted by Gasteiger charge is -2.06. The van der Waals surface area contributed by atoms with E-state index in [0.29, 0.717) is 12.2 Å². The Hall–Kier alpha value is -3.47. The number of hydrogen-bond donors (Lipinski definition) is 2. The van der Waals surface area contributed by atoms with Gasteiger partial charge in [-0.1, -0.05) is 42.5 Å². The first-order valence-electron chi connectivity index (χ1n) is 7.75. The number of anilines is 1. The summed E-state index contributed by atoms with van der Waals surface area (Å²) in [6, 6.07) is 19.6. The largest absolute Gasteiger partial charge is 0.478 e. The first-order valence-corrected chi connectivity index (χ1v) is 7.75.